The van der Waals surface area contributed by atoms with Crippen LogP contribution in [-0.2, 0) is 6.42 Å². The van der Waals surface area contributed by atoms with Crippen LogP contribution in [0.3, 0.4) is 0 Å². The first-order chi connectivity index (χ1) is 8.83. The van der Waals surface area contributed by atoms with Gasteiger partial charge in [-0.2, -0.15) is 0 Å². The zero-order valence-corrected chi connectivity index (χ0v) is 11.4. The van der Waals surface area contributed by atoms with E-state index >= 15 is 0 Å². The number of rotatable bonds is 6. The molecule has 2 heteroatoms. The van der Waals surface area contributed by atoms with Gasteiger partial charge in [0, 0.05) is 0 Å². The number of allylic oxidation sites excluding steroid dienone is 1. The minimum Gasteiger partial charge on any atom is -0.497 e. The van der Waals surface area contributed by atoms with E-state index in [1.54, 1.807) is 12.7 Å². The van der Waals surface area contributed by atoms with E-state index in [0.29, 0.717) is 0 Å². The summed E-state index contributed by atoms with van der Waals surface area (Å²) in [6.07, 6.45) is 9.90. The summed E-state index contributed by atoms with van der Waals surface area (Å²) in [7, 11) is 1.73. The summed E-state index contributed by atoms with van der Waals surface area (Å²) in [6.45, 7) is 1.07. The molecule has 0 spiro atoms. The second-order valence-corrected chi connectivity index (χ2v) is 5.03. The molecule has 0 radical (unpaired) electrons. The first-order valence-electron chi connectivity index (χ1n) is 6.99. The molecule has 2 rings (SSSR count). The van der Waals surface area contributed by atoms with Crippen LogP contribution in [0.25, 0.3) is 6.08 Å². The number of ether oxygens (including phenoxy) is 1. The second kappa shape index (κ2) is 6.60. The Kier molecular flexibility index (Phi) is 4.82. The Morgan fingerprint density at radius 2 is 2.06 bits per heavy atom. The standard InChI is InChI=1S/C16H23NO/c1-18-16-9-8-14-11-13(5-3-2-4-10-17)6-7-15(14)12-16/h8-9,11-12H,2-7,10,17H2,1H3/p+1. The SMILES string of the molecule is COc1ccc2c(c1)CCC(CCCCC[NH3+])=C2. The highest BCUT2D eigenvalue weighted by Crippen LogP contribution is 2.29. The van der Waals surface area contributed by atoms with Crippen molar-refractivity contribution in [2.24, 2.45) is 0 Å². The third-order valence-corrected chi connectivity index (χ3v) is 3.67. The molecule has 1 aliphatic rings. The molecule has 0 fully saturated rings. The number of hydrogen-bond donors (Lipinski definition) is 1. The fourth-order valence-electron chi connectivity index (χ4n) is 2.56. The van der Waals surface area contributed by atoms with Crippen molar-refractivity contribution in [3.05, 3.63) is 34.9 Å². The molecule has 0 bridgehead atoms. The monoisotopic (exact) mass is 246 g/mol. The molecule has 1 aliphatic carbocycles. The maximum atomic E-state index is 5.27. The normalized spacial score (nSPS) is 14.0. The van der Waals surface area contributed by atoms with Gasteiger partial charge in [0.05, 0.1) is 13.7 Å². The van der Waals surface area contributed by atoms with Crippen molar-refractivity contribution < 1.29 is 10.5 Å². The van der Waals surface area contributed by atoms with Gasteiger partial charge in [-0.3, -0.25) is 0 Å². The average molecular weight is 246 g/mol. The number of aryl methyl sites for hydroxylation is 1. The van der Waals surface area contributed by atoms with Gasteiger partial charge in [-0.05, 0) is 61.8 Å². The maximum Gasteiger partial charge on any atom is 0.119 e. The fourth-order valence-corrected chi connectivity index (χ4v) is 2.56. The zero-order chi connectivity index (χ0) is 12.8. The summed E-state index contributed by atoms with van der Waals surface area (Å²) >= 11 is 0. The van der Waals surface area contributed by atoms with E-state index in [0.717, 1.165) is 18.7 Å². The van der Waals surface area contributed by atoms with E-state index in [1.165, 1.54) is 43.2 Å². The van der Waals surface area contributed by atoms with E-state index in [4.69, 9.17) is 4.74 Å². The predicted octanol–water partition coefficient (Wildman–Crippen LogP) is 2.83. The van der Waals surface area contributed by atoms with E-state index in [9.17, 15) is 0 Å². The molecule has 2 nitrogen and oxygen atoms in total. The summed E-state index contributed by atoms with van der Waals surface area (Å²) in [5.74, 6) is 0.973. The maximum absolute atomic E-state index is 5.27. The number of quaternary nitrogens is 1. The highest BCUT2D eigenvalue weighted by atomic mass is 16.5. The Hall–Kier alpha value is -1.28. The summed E-state index contributed by atoms with van der Waals surface area (Å²) in [5.41, 5.74) is 8.31. The Morgan fingerprint density at radius 1 is 1.17 bits per heavy atom. The molecule has 3 N–H and O–H groups in total. The topological polar surface area (TPSA) is 36.9 Å². The molecule has 0 amide bonds. The van der Waals surface area contributed by atoms with Crippen molar-refractivity contribution in [3.8, 4) is 5.75 Å². The number of fused-ring (bicyclic) bond motifs is 1. The smallest absolute Gasteiger partial charge is 0.119 e. The van der Waals surface area contributed by atoms with Crippen LogP contribution < -0.4 is 10.5 Å². The van der Waals surface area contributed by atoms with Crippen LogP contribution in [0.5, 0.6) is 5.75 Å². The second-order valence-electron chi connectivity index (χ2n) is 5.03. The van der Waals surface area contributed by atoms with Crippen molar-refractivity contribution in [1.82, 2.24) is 0 Å². The van der Waals surface area contributed by atoms with Crippen molar-refractivity contribution in [2.75, 3.05) is 13.7 Å². The lowest BCUT2D eigenvalue weighted by Gasteiger charge is -2.17. The van der Waals surface area contributed by atoms with Crippen LogP contribution in [0.1, 0.15) is 43.2 Å². The van der Waals surface area contributed by atoms with Crippen molar-refractivity contribution >= 4 is 6.08 Å². The highest BCUT2D eigenvalue weighted by molar-refractivity contribution is 5.60. The van der Waals surface area contributed by atoms with Gasteiger partial charge in [-0.25, -0.2) is 0 Å². The number of unbranched alkanes of at least 4 members (excludes halogenated alkanes) is 2. The van der Waals surface area contributed by atoms with Crippen molar-refractivity contribution in [3.63, 3.8) is 0 Å². The van der Waals surface area contributed by atoms with Gasteiger partial charge in [0.15, 0.2) is 0 Å². The highest BCUT2D eigenvalue weighted by Gasteiger charge is 2.10. The molecule has 0 atom stereocenters. The molecule has 18 heavy (non-hydrogen) atoms. The van der Waals surface area contributed by atoms with Gasteiger partial charge >= 0.3 is 0 Å². The quantitative estimate of drug-likeness (QED) is 0.770. The molecule has 1 aromatic carbocycles. The minimum atomic E-state index is 0.973. The van der Waals surface area contributed by atoms with Gasteiger partial charge in [-0.1, -0.05) is 17.7 Å². The minimum absolute atomic E-state index is 0.973. The molecule has 1 aromatic rings. The Labute approximate surface area is 110 Å². The summed E-state index contributed by atoms with van der Waals surface area (Å²) in [4.78, 5) is 0. The predicted molar refractivity (Wildman–Crippen MR) is 75.5 cm³/mol. The lowest BCUT2D eigenvalue weighted by Crippen LogP contribution is -2.50. The van der Waals surface area contributed by atoms with Gasteiger partial charge in [0.25, 0.3) is 0 Å². The van der Waals surface area contributed by atoms with Gasteiger partial charge in [0.2, 0.25) is 0 Å². The van der Waals surface area contributed by atoms with Crippen LogP contribution in [-0.4, -0.2) is 13.7 Å². The first kappa shape index (κ1) is 13.2. The van der Waals surface area contributed by atoms with Crippen LogP contribution in [0.4, 0.5) is 0 Å². The molecule has 0 aromatic heterocycles. The van der Waals surface area contributed by atoms with E-state index < -0.39 is 0 Å². The molecular weight excluding hydrogens is 222 g/mol. The van der Waals surface area contributed by atoms with E-state index in [2.05, 4.69) is 30.0 Å². The van der Waals surface area contributed by atoms with Gasteiger partial charge in [-0.15, -0.1) is 0 Å². The largest absolute Gasteiger partial charge is 0.497 e. The molecule has 0 heterocycles. The van der Waals surface area contributed by atoms with E-state index in [-0.39, 0.29) is 0 Å². The van der Waals surface area contributed by atoms with Crippen LogP contribution in [0.2, 0.25) is 0 Å². The fraction of sp³-hybridized carbons (Fsp3) is 0.500. The van der Waals surface area contributed by atoms with Crippen LogP contribution in [0, 0.1) is 0 Å². The lowest BCUT2D eigenvalue weighted by molar-refractivity contribution is -0.368. The molecule has 0 unspecified atom stereocenters. The molecule has 0 aliphatic heterocycles. The molecular formula is C16H24NO+. The first-order valence-corrected chi connectivity index (χ1v) is 6.99. The molecule has 98 valence electrons. The Bertz CT molecular complexity index is 423. The lowest BCUT2D eigenvalue weighted by atomic mass is 9.89. The number of methoxy groups -OCH3 is 1. The third kappa shape index (κ3) is 3.36. The van der Waals surface area contributed by atoms with Crippen molar-refractivity contribution in [2.45, 2.75) is 38.5 Å². The average Bonchev–Trinajstić information content (AvgIpc) is 2.43. The van der Waals surface area contributed by atoms with E-state index in [1.807, 2.05) is 0 Å². The number of benzene rings is 1. The van der Waals surface area contributed by atoms with Crippen LogP contribution >= 0.6 is 0 Å². The summed E-state index contributed by atoms with van der Waals surface area (Å²) in [5, 5.41) is 0. The molecule has 0 saturated carbocycles. The third-order valence-electron chi connectivity index (χ3n) is 3.67. The van der Waals surface area contributed by atoms with Crippen molar-refractivity contribution in [1.29, 1.82) is 0 Å². The van der Waals surface area contributed by atoms with Gasteiger partial charge < -0.3 is 10.5 Å². The summed E-state index contributed by atoms with van der Waals surface area (Å²) < 4.78 is 5.27. The van der Waals surface area contributed by atoms with Crippen LogP contribution in [0.15, 0.2) is 23.8 Å². The number of hydrogen-bond acceptors (Lipinski definition) is 1. The summed E-state index contributed by atoms with van der Waals surface area (Å²) in [6, 6.07) is 6.41. The van der Waals surface area contributed by atoms with Gasteiger partial charge in [0.1, 0.15) is 5.75 Å². The zero-order valence-electron chi connectivity index (χ0n) is 11.4. The Balaban J connectivity index is 1.97. The molecule has 0 saturated heterocycles. The Morgan fingerprint density at radius 3 is 2.83 bits per heavy atom.